The Hall–Kier alpha value is -2.66. The van der Waals surface area contributed by atoms with E-state index in [-0.39, 0.29) is 18.6 Å². The average Bonchev–Trinajstić information content (AvgIpc) is 3.13. The Balaban J connectivity index is 1.28. The van der Waals surface area contributed by atoms with Gasteiger partial charge in [-0.15, -0.1) is 0 Å². The molecule has 5 heteroatoms. The first-order valence-corrected chi connectivity index (χ1v) is 9.63. The number of hydrogen-bond acceptors (Lipinski definition) is 3. The van der Waals surface area contributed by atoms with Crippen molar-refractivity contribution in [3.05, 3.63) is 66.0 Å². The molecule has 1 amide bonds. The molecule has 2 N–H and O–H groups in total. The van der Waals surface area contributed by atoms with Crippen LogP contribution in [0.2, 0.25) is 0 Å². The number of nitrogens with zero attached hydrogens (tertiary/aromatic N) is 1. The zero-order valence-corrected chi connectivity index (χ0v) is 15.4. The van der Waals surface area contributed by atoms with Crippen molar-refractivity contribution < 1.29 is 9.53 Å². The summed E-state index contributed by atoms with van der Waals surface area (Å²) in [6, 6.07) is 18.2. The van der Waals surface area contributed by atoms with Crippen LogP contribution in [-0.2, 0) is 16.1 Å². The van der Waals surface area contributed by atoms with Gasteiger partial charge in [0.15, 0.2) is 0 Å². The molecule has 0 saturated heterocycles. The number of amides is 1. The number of rotatable bonds is 6. The normalized spacial score (nSPS) is 19.9. The lowest BCUT2D eigenvalue weighted by Gasteiger charge is -2.28. The molecule has 1 fully saturated rings. The van der Waals surface area contributed by atoms with Crippen molar-refractivity contribution in [3.8, 4) is 0 Å². The standard InChI is InChI=1S/C22H25N3O2/c26-21(15-27-14-16-7-2-1-3-8-16)23-18-10-6-9-17(13-18)22-24-19-11-4-5-12-20(19)25-22/h1-5,7-8,11-12,17-18H,6,9-10,13-15H2,(H,23,26)(H,24,25). The zero-order chi connectivity index (χ0) is 18.5. The highest BCUT2D eigenvalue weighted by atomic mass is 16.5. The van der Waals surface area contributed by atoms with Gasteiger partial charge in [-0.25, -0.2) is 4.98 Å². The first-order valence-electron chi connectivity index (χ1n) is 9.63. The number of aromatic nitrogens is 2. The predicted octanol–water partition coefficient (Wildman–Crippen LogP) is 3.92. The molecular weight excluding hydrogens is 338 g/mol. The van der Waals surface area contributed by atoms with Crippen molar-refractivity contribution in [1.29, 1.82) is 0 Å². The zero-order valence-electron chi connectivity index (χ0n) is 15.4. The highest BCUT2D eigenvalue weighted by Crippen LogP contribution is 2.32. The fourth-order valence-electron chi connectivity index (χ4n) is 3.84. The molecule has 5 nitrogen and oxygen atoms in total. The third kappa shape index (κ3) is 4.55. The Labute approximate surface area is 159 Å². The molecule has 3 aromatic rings. The van der Waals surface area contributed by atoms with Crippen molar-refractivity contribution in [3.63, 3.8) is 0 Å². The van der Waals surface area contributed by atoms with Gasteiger partial charge in [-0.3, -0.25) is 4.79 Å². The summed E-state index contributed by atoms with van der Waals surface area (Å²) in [7, 11) is 0. The van der Waals surface area contributed by atoms with Gasteiger partial charge in [-0.1, -0.05) is 48.9 Å². The molecule has 2 atom stereocenters. The van der Waals surface area contributed by atoms with Crippen LogP contribution < -0.4 is 5.32 Å². The SMILES string of the molecule is O=C(COCc1ccccc1)NC1CCCC(c2nc3ccccc3[nH]2)C1. The van der Waals surface area contributed by atoms with Crippen molar-refractivity contribution in [2.24, 2.45) is 0 Å². The van der Waals surface area contributed by atoms with Crippen LogP contribution in [0.15, 0.2) is 54.6 Å². The minimum Gasteiger partial charge on any atom is -0.367 e. The second-order valence-corrected chi connectivity index (χ2v) is 7.25. The minimum absolute atomic E-state index is 0.0406. The van der Waals surface area contributed by atoms with Crippen LogP contribution in [0, 0.1) is 0 Å². The van der Waals surface area contributed by atoms with Gasteiger partial charge in [-0.05, 0) is 37.0 Å². The van der Waals surface area contributed by atoms with Gasteiger partial charge in [0, 0.05) is 12.0 Å². The van der Waals surface area contributed by atoms with E-state index in [0.717, 1.165) is 48.1 Å². The Kier molecular flexibility index (Phi) is 5.49. The summed E-state index contributed by atoms with van der Waals surface area (Å²) in [5.74, 6) is 1.36. The highest BCUT2D eigenvalue weighted by Gasteiger charge is 2.26. The summed E-state index contributed by atoms with van der Waals surface area (Å²) in [6.07, 6.45) is 4.14. The number of aromatic amines is 1. The molecule has 1 heterocycles. The van der Waals surface area contributed by atoms with Crippen molar-refractivity contribution in [2.75, 3.05) is 6.61 Å². The quantitative estimate of drug-likeness (QED) is 0.697. The van der Waals surface area contributed by atoms with E-state index in [1.165, 1.54) is 0 Å². The van der Waals surface area contributed by atoms with E-state index in [4.69, 9.17) is 9.72 Å². The van der Waals surface area contributed by atoms with Crippen LogP contribution in [0.25, 0.3) is 11.0 Å². The molecule has 1 aliphatic carbocycles. The van der Waals surface area contributed by atoms with Gasteiger partial charge in [0.2, 0.25) is 5.91 Å². The molecular formula is C22H25N3O2. The van der Waals surface area contributed by atoms with Crippen LogP contribution in [0.5, 0.6) is 0 Å². The fraction of sp³-hybridized carbons (Fsp3) is 0.364. The number of nitrogens with one attached hydrogen (secondary N) is 2. The second-order valence-electron chi connectivity index (χ2n) is 7.25. The molecule has 0 aliphatic heterocycles. The summed E-state index contributed by atoms with van der Waals surface area (Å²) in [4.78, 5) is 20.4. The van der Waals surface area contributed by atoms with Crippen LogP contribution in [0.1, 0.15) is 43.0 Å². The third-order valence-electron chi connectivity index (χ3n) is 5.18. The number of hydrogen-bond donors (Lipinski definition) is 2. The van der Waals surface area contributed by atoms with E-state index in [9.17, 15) is 4.79 Å². The first kappa shape index (κ1) is 17.7. The smallest absolute Gasteiger partial charge is 0.246 e. The molecule has 140 valence electrons. The average molecular weight is 363 g/mol. The Morgan fingerprint density at radius 2 is 1.93 bits per heavy atom. The minimum atomic E-state index is -0.0406. The summed E-state index contributed by atoms with van der Waals surface area (Å²) < 4.78 is 5.54. The lowest BCUT2D eigenvalue weighted by atomic mass is 9.85. The fourth-order valence-corrected chi connectivity index (χ4v) is 3.84. The molecule has 0 radical (unpaired) electrons. The van der Waals surface area contributed by atoms with Crippen molar-refractivity contribution >= 4 is 16.9 Å². The van der Waals surface area contributed by atoms with Gasteiger partial charge < -0.3 is 15.0 Å². The largest absolute Gasteiger partial charge is 0.367 e. The lowest BCUT2D eigenvalue weighted by molar-refractivity contribution is -0.127. The summed E-state index contributed by atoms with van der Waals surface area (Å²) in [6.45, 7) is 0.557. The van der Waals surface area contributed by atoms with Crippen LogP contribution in [0.3, 0.4) is 0 Å². The maximum Gasteiger partial charge on any atom is 0.246 e. The van der Waals surface area contributed by atoms with Crippen molar-refractivity contribution in [1.82, 2.24) is 15.3 Å². The highest BCUT2D eigenvalue weighted by molar-refractivity contribution is 5.77. The first-order chi connectivity index (χ1) is 13.3. The van der Waals surface area contributed by atoms with Gasteiger partial charge in [-0.2, -0.15) is 0 Å². The number of carbonyl (C=O) groups excluding carboxylic acids is 1. The number of imidazole rings is 1. The van der Waals surface area contributed by atoms with Gasteiger partial charge >= 0.3 is 0 Å². The third-order valence-corrected chi connectivity index (χ3v) is 5.18. The Morgan fingerprint density at radius 3 is 2.78 bits per heavy atom. The van der Waals surface area contributed by atoms with Crippen LogP contribution >= 0.6 is 0 Å². The number of fused-ring (bicyclic) bond motifs is 1. The maximum atomic E-state index is 12.2. The van der Waals surface area contributed by atoms with E-state index in [1.54, 1.807) is 0 Å². The van der Waals surface area contributed by atoms with E-state index < -0.39 is 0 Å². The summed E-state index contributed by atoms with van der Waals surface area (Å²) in [5, 5.41) is 3.13. The second kappa shape index (κ2) is 8.35. The number of para-hydroxylation sites is 2. The lowest BCUT2D eigenvalue weighted by Crippen LogP contribution is -2.40. The summed E-state index contributed by atoms with van der Waals surface area (Å²) in [5.41, 5.74) is 3.16. The molecule has 0 bridgehead atoms. The van der Waals surface area contributed by atoms with Crippen molar-refractivity contribution in [2.45, 2.75) is 44.2 Å². The van der Waals surface area contributed by atoms with E-state index in [1.807, 2.05) is 48.5 Å². The number of H-pyrrole nitrogens is 1. The molecule has 1 aromatic heterocycles. The Bertz CT molecular complexity index is 858. The number of benzene rings is 2. The molecule has 1 aliphatic rings. The predicted molar refractivity (Wildman–Crippen MR) is 105 cm³/mol. The van der Waals surface area contributed by atoms with E-state index in [2.05, 4.69) is 16.4 Å². The summed E-state index contributed by atoms with van der Waals surface area (Å²) >= 11 is 0. The van der Waals surface area contributed by atoms with E-state index in [0.29, 0.717) is 12.5 Å². The van der Waals surface area contributed by atoms with Gasteiger partial charge in [0.25, 0.3) is 0 Å². The Morgan fingerprint density at radius 1 is 1.11 bits per heavy atom. The topological polar surface area (TPSA) is 67.0 Å². The molecule has 2 aromatic carbocycles. The van der Waals surface area contributed by atoms with E-state index >= 15 is 0 Å². The van der Waals surface area contributed by atoms with Gasteiger partial charge in [0.05, 0.1) is 17.6 Å². The number of ether oxygens (including phenoxy) is 1. The molecule has 1 saturated carbocycles. The van der Waals surface area contributed by atoms with Crippen LogP contribution in [0.4, 0.5) is 0 Å². The maximum absolute atomic E-state index is 12.2. The van der Waals surface area contributed by atoms with Crippen LogP contribution in [-0.4, -0.2) is 28.5 Å². The van der Waals surface area contributed by atoms with Gasteiger partial charge in [0.1, 0.15) is 12.4 Å². The molecule has 0 spiro atoms. The monoisotopic (exact) mass is 363 g/mol. The molecule has 2 unspecified atom stereocenters. The molecule has 4 rings (SSSR count). The molecule has 27 heavy (non-hydrogen) atoms. The number of carbonyl (C=O) groups is 1.